The topological polar surface area (TPSA) is 51.6 Å². The van der Waals surface area contributed by atoms with Crippen LogP contribution >= 0.6 is 0 Å². The number of hydrogen-bond acceptors (Lipinski definition) is 5. The van der Waals surface area contributed by atoms with Gasteiger partial charge in [-0.2, -0.15) is 0 Å². The van der Waals surface area contributed by atoms with Gasteiger partial charge in [-0.05, 0) is 63.4 Å². The van der Waals surface area contributed by atoms with Gasteiger partial charge in [0.25, 0.3) is 0 Å². The molecule has 3 heterocycles. The number of aromatic nitrogens is 1. The number of β-amino-alcohol motifs (C(OH)–C–C–N with tert-alkyl or cyclic N) is 1. The third-order valence-corrected chi connectivity index (χ3v) is 5.29. The van der Waals surface area contributed by atoms with Crippen molar-refractivity contribution in [3.8, 4) is 0 Å². The summed E-state index contributed by atoms with van der Waals surface area (Å²) in [7, 11) is 0. The molecule has 1 unspecified atom stereocenters. The summed E-state index contributed by atoms with van der Waals surface area (Å²) in [6.45, 7) is 9.30. The predicted octanol–water partition coefficient (Wildman–Crippen LogP) is 1.26. The number of pyridine rings is 1. The van der Waals surface area contributed by atoms with Gasteiger partial charge in [0.05, 0.1) is 6.10 Å². The largest absolute Gasteiger partial charge is 0.392 e. The maximum Gasteiger partial charge on any atom is 0.0696 e. The third kappa shape index (κ3) is 4.43. The van der Waals surface area contributed by atoms with Gasteiger partial charge in [0, 0.05) is 44.3 Å². The van der Waals surface area contributed by atoms with Crippen LogP contribution in [0.3, 0.4) is 0 Å². The minimum Gasteiger partial charge on any atom is -0.392 e. The summed E-state index contributed by atoms with van der Waals surface area (Å²) < 4.78 is 0. The first-order chi connectivity index (χ1) is 11.2. The highest BCUT2D eigenvalue weighted by molar-refractivity contribution is 5.51. The molecule has 0 aromatic carbocycles. The molecule has 23 heavy (non-hydrogen) atoms. The smallest absolute Gasteiger partial charge is 0.0696 e. The predicted molar refractivity (Wildman–Crippen MR) is 93.8 cm³/mol. The molecule has 2 fully saturated rings. The van der Waals surface area contributed by atoms with E-state index in [1.807, 2.05) is 12.4 Å². The molecule has 0 amide bonds. The maximum atomic E-state index is 10.6. The van der Waals surface area contributed by atoms with Gasteiger partial charge in [-0.3, -0.25) is 9.88 Å². The van der Waals surface area contributed by atoms with Crippen LogP contribution in [0.5, 0.6) is 0 Å². The first kappa shape index (κ1) is 16.7. The van der Waals surface area contributed by atoms with Crippen molar-refractivity contribution in [1.29, 1.82) is 0 Å². The number of piperidine rings is 1. The Labute approximate surface area is 139 Å². The summed E-state index contributed by atoms with van der Waals surface area (Å²) >= 11 is 0. The first-order valence-corrected chi connectivity index (χ1v) is 9.01. The number of nitrogens with one attached hydrogen (secondary N) is 1. The summed E-state index contributed by atoms with van der Waals surface area (Å²) in [4.78, 5) is 9.11. The normalized spacial score (nSPS) is 22.8. The molecule has 5 heteroatoms. The number of nitrogens with zero attached hydrogens (tertiary/aromatic N) is 3. The van der Waals surface area contributed by atoms with Crippen molar-refractivity contribution in [2.75, 3.05) is 50.7 Å². The summed E-state index contributed by atoms with van der Waals surface area (Å²) in [5.41, 5.74) is 2.55. The van der Waals surface area contributed by atoms with Crippen LogP contribution in [-0.4, -0.2) is 66.9 Å². The lowest BCUT2D eigenvalue weighted by molar-refractivity contribution is 0.0525. The molecule has 0 spiro atoms. The Bertz CT molecular complexity index is 490. The molecule has 1 aromatic heterocycles. The van der Waals surface area contributed by atoms with E-state index in [9.17, 15) is 5.11 Å². The molecule has 0 bridgehead atoms. The zero-order chi connectivity index (χ0) is 16.1. The molecular weight excluding hydrogens is 288 g/mol. The van der Waals surface area contributed by atoms with E-state index < -0.39 is 0 Å². The number of aliphatic hydroxyl groups is 1. The van der Waals surface area contributed by atoms with Gasteiger partial charge in [0.1, 0.15) is 0 Å². The average molecular weight is 318 g/mol. The zero-order valence-corrected chi connectivity index (χ0v) is 14.2. The van der Waals surface area contributed by atoms with Crippen LogP contribution in [0.15, 0.2) is 18.5 Å². The lowest BCUT2D eigenvalue weighted by Gasteiger charge is -2.31. The van der Waals surface area contributed by atoms with E-state index in [0.29, 0.717) is 5.92 Å². The molecule has 1 aromatic rings. The Hall–Kier alpha value is -1.17. The number of rotatable bonds is 4. The molecule has 2 saturated heterocycles. The molecule has 0 saturated carbocycles. The minimum absolute atomic E-state index is 0.175. The van der Waals surface area contributed by atoms with Crippen LogP contribution in [0.2, 0.25) is 0 Å². The highest BCUT2D eigenvalue weighted by Gasteiger charge is 2.25. The van der Waals surface area contributed by atoms with Crippen molar-refractivity contribution in [3.05, 3.63) is 24.0 Å². The highest BCUT2D eigenvalue weighted by Crippen LogP contribution is 2.21. The van der Waals surface area contributed by atoms with Gasteiger partial charge in [-0.15, -0.1) is 0 Å². The fourth-order valence-corrected chi connectivity index (χ4v) is 3.86. The Kier molecular flexibility index (Phi) is 5.86. The summed E-state index contributed by atoms with van der Waals surface area (Å²) in [6, 6.07) is 2.12. The van der Waals surface area contributed by atoms with Gasteiger partial charge in [0.2, 0.25) is 0 Å². The molecule has 5 nitrogen and oxygen atoms in total. The van der Waals surface area contributed by atoms with E-state index in [2.05, 4.69) is 33.1 Å². The van der Waals surface area contributed by atoms with Gasteiger partial charge in [0.15, 0.2) is 0 Å². The Morgan fingerprint density at radius 2 is 2.09 bits per heavy atom. The van der Waals surface area contributed by atoms with Gasteiger partial charge >= 0.3 is 0 Å². The summed E-state index contributed by atoms with van der Waals surface area (Å²) in [5.74, 6) is 0.470. The molecular formula is C18H30N4O. The molecule has 2 N–H and O–H groups in total. The van der Waals surface area contributed by atoms with E-state index in [1.165, 1.54) is 11.3 Å². The van der Waals surface area contributed by atoms with Crippen LogP contribution in [-0.2, 0) is 0 Å². The summed E-state index contributed by atoms with van der Waals surface area (Å²) in [5, 5.41) is 13.9. The molecule has 3 rings (SSSR count). The Balaban J connectivity index is 1.53. The average Bonchev–Trinajstić information content (AvgIpc) is 2.82. The van der Waals surface area contributed by atoms with Crippen LogP contribution in [0.25, 0.3) is 0 Å². The van der Waals surface area contributed by atoms with Gasteiger partial charge in [-0.1, -0.05) is 0 Å². The number of anilines is 1. The second kappa shape index (κ2) is 8.08. The zero-order valence-electron chi connectivity index (χ0n) is 14.2. The minimum atomic E-state index is -0.175. The van der Waals surface area contributed by atoms with E-state index in [4.69, 9.17) is 0 Å². The quantitative estimate of drug-likeness (QED) is 0.875. The number of hydrogen-bond donors (Lipinski definition) is 2. The summed E-state index contributed by atoms with van der Waals surface area (Å²) in [6.07, 6.45) is 7.02. The van der Waals surface area contributed by atoms with Crippen LogP contribution in [0, 0.1) is 12.8 Å². The molecule has 2 aliphatic rings. The monoisotopic (exact) mass is 318 g/mol. The first-order valence-electron chi connectivity index (χ1n) is 9.01. The lowest BCUT2D eigenvalue weighted by Crippen LogP contribution is -2.42. The van der Waals surface area contributed by atoms with E-state index in [-0.39, 0.29) is 6.10 Å². The Morgan fingerprint density at radius 1 is 1.26 bits per heavy atom. The molecule has 0 radical (unpaired) electrons. The second-order valence-electron chi connectivity index (χ2n) is 6.96. The molecule has 0 aliphatic carbocycles. The van der Waals surface area contributed by atoms with E-state index >= 15 is 0 Å². The van der Waals surface area contributed by atoms with Crippen LogP contribution in [0.1, 0.15) is 24.8 Å². The van der Waals surface area contributed by atoms with Crippen molar-refractivity contribution in [1.82, 2.24) is 15.2 Å². The lowest BCUT2D eigenvalue weighted by atomic mass is 9.92. The van der Waals surface area contributed by atoms with Gasteiger partial charge in [-0.25, -0.2) is 0 Å². The van der Waals surface area contributed by atoms with Crippen LogP contribution < -0.4 is 10.2 Å². The maximum absolute atomic E-state index is 10.6. The number of aliphatic hydroxyl groups excluding tert-OH is 1. The van der Waals surface area contributed by atoms with Crippen LogP contribution in [0.4, 0.5) is 5.69 Å². The highest BCUT2D eigenvalue weighted by atomic mass is 16.3. The molecule has 128 valence electrons. The van der Waals surface area contributed by atoms with Crippen molar-refractivity contribution in [2.45, 2.75) is 32.3 Å². The molecule has 1 atom stereocenters. The fourth-order valence-electron chi connectivity index (χ4n) is 3.86. The van der Waals surface area contributed by atoms with Gasteiger partial charge < -0.3 is 15.3 Å². The van der Waals surface area contributed by atoms with Crippen molar-refractivity contribution >= 4 is 5.69 Å². The van der Waals surface area contributed by atoms with Crippen molar-refractivity contribution in [2.24, 2.45) is 5.92 Å². The standard InChI is InChI=1S/C18H30N4O/c1-15-13-20-8-5-17(15)22-10-2-9-21(11-12-22)14-18(23)16-3-6-19-7-4-16/h5,8,13,16,18-19,23H,2-4,6-7,9-12,14H2,1H3. The third-order valence-electron chi connectivity index (χ3n) is 5.29. The van der Waals surface area contributed by atoms with E-state index in [1.54, 1.807) is 0 Å². The number of aryl methyl sites for hydroxylation is 1. The van der Waals surface area contributed by atoms with Crippen molar-refractivity contribution < 1.29 is 5.11 Å². The van der Waals surface area contributed by atoms with Crippen molar-refractivity contribution in [3.63, 3.8) is 0 Å². The molecule has 2 aliphatic heterocycles. The SMILES string of the molecule is Cc1cnccc1N1CCCN(CC(O)C2CCNCC2)CC1. The second-order valence-corrected chi connectivity index (χ2v) is 6.96. The fraction of sp³-hybridized carbons (Fsp3) is 0.722. The Morgan fingerprint density at radius 3 is 2.87 bits per heavy atom. The van der Waals surface area contributed by atoms with E-state index in [0.717, 1.165) is 65.1 Å².